The van der Waals surface area contributed by atoms with Crippen molar-refractivity contribution in [2.24, 2.45) is 47.3 Å². The lowest BCUT2D eigenvalue weighted by Gasteiger charge is -2.59. The maximum Gasteiger partial charge on any atom is 0.310 e. The van der Waals surface area contributed by atoms with E-state index in [0.29, 0.717) is 18.3 Å². The van der Waals surface area contributed by atoms with Gasteiger partial charge in [0.05, 0.1) is 18.8 Å². The normalized spacial score (nSPS) is 54.7. The molecule has 28 heavy (non-hydrogen) atoms. The van der Waals surface area contributed by atoms with Crippen molar-refractivity contribution in [2.75, 3.05) is 0 Å². The molecule has 6 nitrogen and oxygen atoms in total. The van der Waals surface area contributed by atoms with Crippen LogP contribution in [0.2, 0.25) is 0 Å². The lowest BCUT2D eigenvalue weighted by molar-refractivity contribution is -0.211. The fourth-order valence-electron chi connectivity index (χ4n) is 8.19. The lowest BCUT2D eigenvalue weighted by Crippen LogP contribution is -2.59. The molecule has 7 rings (SSSR count). The summed E-state index contributed by atoms with van der Waals surface area (Å²) in [5.74, 6) is -0.0603. The summed E-state index contributed by atoms with van der Waals surface area (Å²) in [6.07, 6.45) is 5.65. The van der Waals surface area contributed by atoms with Gasteiger partial charge in [0.1, 0.15) is 17.8 Å². The van der Waals surface area contributed by atoms with Gasteiger partial charge in [-0.2, -0.15) is 0 Å². The van der Waals surface area contributed by atoms with Gasteiger partial charge in [0.2, 0.25) is 0 Å². The Morgan fingerprint density at radius 2 is 1.68 bits per heavy atom. The van der Waals surface area contributed by atoms with Crippen molar-refractivity contribution >= 4 is 17.9 Å². The molecule has 0 N–H and O–H groups in total. The topological polar surface area (TPSA) is 78.9 Å². The average Bonchev–Trinajstić information content (AvgIpc) is 3.22. The first-order valence-corrected chi connectivity index (χ1v) is 10.8. The standard InChI is InChI=1S/C22H27O6/c1-9(23)26-18-15-8-14-16(20(24)27-19(14)18)17(15)21(25)28-22(2)12-4-10-3-11(6-12)7-13(22)5-10/h10-19H,1,3-8H2,2H3. The Morgan fingerprint density at radius 3 is 2.29 bits per heavy atom. The Hall–Kier alpha value is -1.59. The van der Waals surface area contributed by atoms with Gasteiger partial charge < -0.3 is 14.2 Å². The maximum absolute atomic E-state index is 13.4. The summed E-state index contributed by atoms with van der Waals surface area (Å²) in [5.41, 5.74) is -0.424. The van der Waals surface area contributed by atoms with Gasteiger partial charge >= 0.3 is 17.9 Å². The Bertz CT molecular complexity index is 730. The first-order chi connectivity index (χ1) is 13.3. The van der Waals surface area contributed by atoms with E-state index in [-0.39, 0.29) is 23.8 Å². The Morgan fingerprint density at radius 1 is 1.04 bits per heavy atom. The minimum Gasteiger partial charge on any atom is -0.459 e. The summed E-state index contributed by atoms with van der Waals surface area (Å²) in [6, 6.07) is 0. The van der Waals surface area contributed by atoms with Gasteiger partial charge in [-0.25, -0.2) is 0 Å². The van der Waals surface area contributed by atoms with Gasteiger partial charge in [-0.3, -0.25) is 14.4 Å². The number of hydrogen-bond acceptors (Lipinski definition) is 6. The molecule has 0 aromatic heterocycles. The van der Waals surface area contributed by atoms with Gasteiger partial charge in [-0.15, -0.1) is 0 Å². The number of carbonyl (C=O) groups excluding carboxylic acids is 3. The predicted octanol–water partition coefficient (Wildman–Crippen LogP) is 2.30. The zero-order chi connectivity index (χ0) is 19.4. The lowest BCUT2D eigenvalue weighted by atomic mass is 9.50. The highest BCUT2D eigenvalue weighted by molar-refractivity contribution is 5.86. The van der Waals surface area contributed by atoms with E-state index in [1.165, 1.54) is 6.42 Å². The molecule has 0 spiro atoms. The van der Waals surface area contributed by atoms with Crippen molar-refractivity contribution in [2.45, 2.75) is 63.3 Å². The van der Waals surface area contributed by atoms with E-state index < -0.39 is 35.6 Å². The second-order valence-corrected chi connectivity index (χ2v) is 10.4. The van der Waals surface area contributed by atoms with Crippen LogP contribution in [0.4, 0.5) is 0 Å². The molecule has 6 aliphatic carbocycles. The highest BCUT2D eigenvalue weighted by atomic mass is 16.6. The van der Waals surface area contributed by atoms with Crippen LogP contribution in [0.1, 0.15) is 45.4 Å². The third-order valence-corrected chi connectivity index (χ3v) is 9.17. The molecule has 151 valence electrons. The summed E-state index contributed by atoms with van der Waals surface area (Å²) in [5, 5.41) is 0. The van der Waals surface area contributed by atoms with Crippen LogP contribution >= 0.6 is 0 Å². The number of ether oxygens (including phenoxy) is 3. The monoisotopic (exact) mass is 387 g/mol. The van der Waals surface area contributed by atoms with E-state index in [1.54, 1.807) is 0 Å². The molecule has 1 heterocycles. The van der Waals surface area contributed by atoms with Gasteiger partial charge in [-0.1, -0.05) is 0 Å². The molecule has 0 aromatic carbocycles. The summed E-state index contributed by atoms with van der Waals surface area (Å²) in [6.45, 7) is 5.41. The van der Waals surface area contributed by atoms with Crippen LogP contribution in [0.15, 0.2) is 0 Å². The highest BCUT2D eigenvalue weighted by Gasteiger charge is 2.70. The van der Waals surface area contributed by atoms with Crippen LogP contribution in [0.5, 0.6) is 0 Å². The predicted molar refractivity (Wildman–Crippen MR) is 95.2 cm³/mol. The van der Waals surface area contributed by atoms with Crippen LogP contribution in [0.3, 0.4) is 0 Å². The largest absolute Gasteiger partial charge is 0.459 e. The summed E-state index contributed by atoms with van der Waals surface area (Å²) >= 11 is 0. The second kappa shape index (κ2) is 5.51. The third-order valence-electron chi connectivity index (χ3n) is 9.17. The molecular weight excluding hydrogens is 360 g/mol. The summed E-state index contributed by atoms with van der Waals surface area (Å²) in [4.78, 5) is 37.3. The van der Waals surface area contributed by atoms with E-state index in [4.69, 9.17) is 14.2 Å². The number of esters is 3. The molecule has 6 bridgehead atoms. The molecule has 1 saturated heterocycles. The van der Waals surface area contributed by atoms with Crippen molar-refractivity contribution in [1.29, 1.82) is 0 Å². The van der Waals surface area contributed by atoms with E-state index in [0.717, 1.165) is 37.5 Å². The Balaban J connectivity index is 1.26. The number of fused-ring (bicyclic) bond motifs is 1. The fraction of sp³-hybridized carbons (Fsp3) is 0.818. The third kappa shape index (κ3) is 2.12. The second-order valence-electron chi connectivity index (χ2n) is 10.4. The molecule has 6 unspecified atom stereocenters. The first kappa shape index (κ1) is 17.3. The molecule has 6 heteroatoms. The quantitative estimate of drug-likeness (QED) is 0.546. The van der Waals surface area contributed by atoms with Crippen molar-refractivity contribution in [3.05, 3.63) is 6.92 Å². The summed E-state index contributed by atoms with van der Waals surface area (Å²) < 4.78 is 17.2. The smallest absolute Gasteiger partial charge is 0.310 e. The highest BCUT2D eigenvalue weighted by Crippen LogP contribution is 2.62. The summed E-state index contributed by atoms with van der Waals surface area (Å²) in [7, 11) is 0. The van der Waals surface area contributed by atoms with E-state index in [1.807, 2.05) is 0 Å². The number of carbonyl (C=O) groups is 3. The molecule has 7 aliphatic rings. The molecule has 0 amide bonds. The molecular formula is C22H27O6. The molecule has 1 aliphatic heterocycles. The van der Waals surface area contributed by atoms with Crippen molar-refractivity contribution in [1.82, 2.24) is 0 Å². The van der Waals surface area contributed by atoms with Crippen molar-refractivity contribution < 1.29 is 28.6 Å². The van der Waals surface area contributed by atoms with E-state index in [2.05, 4.69) is 13.8 Å². The molecule has 6 atom stereocenters. The Labute approximate surface area is 164 Å². The van der Waals surface area contributed by atoms with E-state index >= 15 is 0 Å². The fourth-order valence-corrected chi connectivity index (χ4v) is 8.19. The van der Waals surface area contributed by atoms with Crippen LogP contribution in [0, 0.1) is 54.3 Å². The van der Waals surface area contributed by atoms with Crippen LogP contribution in [-0.4, -0.2) is 35.7 Å². The van der Waals surface area contributed by atoms with Crippen LogP contribution in [-0.2, 0) is 28.6 Å². The molecule has 1 radical (unpaired) electrons. The van der Waals surface area contributed by atoms with Gasteiger partial charge in [0, 0.05) is 11.8 Å². The first-order valence-electron chi connectivity index (χ1n) is 10.8. The average molecular weight is 387 g/mol. The van der Waals surface area contributed by atoms with Crippen molar-refractivity contribution in [3.8, 4) is 0 Å². The molecule has 0 aromatic rings. The minimum atomic E-state index is -0.642. The Kier molecular flexibility index (Phi) is 3.40. The van der Waals surface area contributed by atoms with Gasteiger partial charge in [-0.05, 0) is 69.1 Å². The van der Waals surface area contributed by atoms with E-state index in [9.17, 15) is 14.4 Å². The van der Waals surface area contributed by atoms with Crippen molar-refractivity contribution in [3.63, 3.8) is 0 Å². The maximum atomic E-state index is 13.4. The minimum absolute atomic E-state index is 0.0503. The van der Waals surface area contributed by atoms with Crippen LogP contribution in [0.25, 0.3) is 0 Å². The number of rotatable bonds is 3. The number of hydrogen-bond donors (Lipinski definition) is 0. The van der Waals surface area contributed by atoms with Gasteiger partial charge in [0.15, 0.2) is 0 Å². The zero-order valence-corrected chi connectivity index (χ0v) is 16.2. The molecule has 6 saturated carbocycles. The van der Waals surface area contributed by atoms with Crippen LogP contribution < -0.4 is 0 Å². The molecule has 7 fully saturated rings. The van der Waals surface area contributed by atoms with Gasteiger partial charge in [0.25, 0.3) is 0 Å². The zero-order valence-electron chi connectivity index (χ0n) is 16.2. The SMILES string of the molecule is [CH2]C(=O)OC1C2CC3C1OC(=O)C3C2C(=O)OC1(C)C2CC3CC(C2)CC1C3.